The minimum atomic E-state index is 0.391. The van der Waals surface area contributed by atoms with Crippen molar-refractivity contribution in [3.63, 3.8) is 0 Å². The highest BCUT2D eigenvalue weighted by molar-refractivity contribution is 5.82. The lowest BCUT2D eigenvalue weighted by Gasteiger charge is -2.34. The third-order valence-electron chi connectivity index (χ3n) is 3.56. The Bertz CT molecular complexity index is 212. The van der Waals surface area contributed by atoms with Gasteiger partial charge < -0.3 is 4.90 Å². The minimum absolute atomic E-state index is 0.391. The Balaban J connectivity index is 2.19. The third kappa shape index (κ3) is 0.838. The van der Waals surface area contributed by atoms with E-state index in [2.05, 4.69) is 13.8 Å². The average Bonchev–Trinajstić information content (AvgIpc) is 2.08. The molecule has 3 unspecified atom stereocenters. The topological polar surface area (TPSA) is 20.3 Å². The van der Waals surface area contributed by atoms with E-state index in [9.17, 15) is 4.79 Å². The van der Waals surface area contributed by atoms with E-state index < -0.39 is 0 Å². The van der Waals surface area contributed by atoms with Crippen molar-refractivity contribution in [3.05, 3.63) is 0 Å². The Hall–Kier alpha value is -0.530. The molecule has 1 heterocycles. The Morgan fingerprint density at radius 3 is 2.33 bits per heavy atom. The molecule has 0 aromatic carbocycles. The number of carbonyl (C=O) groups excluding carboxylic acids is 1. The van der Waals surface area contributed by atoms with Crippen molar-refractivity contribution in [2.24, 2.45) is 17.8 Å². The van der Waals surface area contributed by atoms with Crippen LogP contribution >= 0.6 is 0 Å². The normalized spacial score (nSPS) is 40.2. The van der Waals surface area contributed by atoms with E-state index in [0.717, 1.165) is 6.42 Å². The number of amides is 1. The lowest BCUT2D eigenvalue weighted by Crippen LogP contribution is -2.36. The molecule has 0 N–H and O–H groups in total. The van der Waals surface area contributed by atoms with Crippen LogP contribution in [0.25, 0.3) is 0 Å². The number of fused-ring (bicyclic) bond motifs is 1. The number of hydrogen-bond acceptors (Lipinski definition) is 1. The first-order valence-corrected chi connectivity index (χ1v) is 4.89. The van der Waals surface area contributed by atoms with Gasteiger partial charge >= 0.3 is 0 Å². The Kier molecular flexibility index (Phi) is 1.67. The zero-order chi connectivity index (χ0) is 8.88. The molecule has 0 aromatic heterocycles. The van der Waals surface area contributed by atoms with Crippen LogP contribution in [0.2, 0.25) is 0 Å². The van der Waals surface area contributed by atoms with E-state index in [1.807, 2.05) is 11.9 Å². The van der Waals surface area contributed by atoms with Crippen LogP contribution in [0, 0.1) is 17.8 Å². The van der Waals surface area contributed by atoms with Crippen LogP contribution < -0.4 is 0 Å². The average molecular weight is 167 g/mol. The Morgan fingerprint density at radius 2 is 2.08 bits per heavy atom. The fraction of sp³-hybridized carbons (Fsp3) is 0.900. The highest BCUT2D eigenvalue weighted by Gasteiger charge is 2.51. The summed E-state index contributed by atoms with van der Waals surface area (Å²) >= 11 is 0. The zero-order valence-electron chi connectivity index (χ0n) is 8.08. The molecule has 1 aliphatic heterocycles. The number of nitrogens with zero attached hydrogens (tertiary/aromatic N) is 1. The van der Waals surface area contributed by atoms with Crippen molar-refractivity contribution in [1.82, 2.24) is 4.90 Å². The molecule has 2 heteroatoms. The van der Waals surface area contributed by atoms with Gasteiger partial charge in [-0.15, -0.1) is 0 Å². The fourth-order valence-electron chi connectivity index (χ4n) is 2.88. The van der Waals surface area contributed by atoms with Crippen LogP contribution in [0.15, 0.2) is 0 Å². The Morgan fingerprint density at radius 1 is 1.42 bits per heavy atom. The van der Waals surface area contributed by atoms with Crippen LogP contribution in [-0.4, -0.2) is 23.9 Å². The summed E-state index contributed by atoms with van der Waals surface area (Å²) in [5.74, 6) is 2.09. The van der Waals surface area contributed by atoms with Crippen molar-refractivity contribution in [1.29, 1.82) is 0 Å². The van der Waals surface area contributed by atoms with Gasteiger partial charge in [-0.3, -0.25) is 4.79 Å². The van der Waals surface area contributed by atoms with Crippen molar-refractivity contribution in [3.8, 4) is 0 Å². The second-order valence-corrected chi connectivity index (χ2v) is 4.53. The van der Waals surface area contributed by atoms with E-state index in [-0.39, 0.29) is 0 Å². The summed E-state index contributed by atoms with van der Waals surface area (Å²) in [5, 5.41) is 0. The smallest absolute Gasteiger partial charge is 0.226 e. The fourth-order valence-corrected chi connectivity index (χ4v) is 2.88. The highest BCUT2D eigenvalue weighted by Crippen LogP contribution is 2.47. The van der Waals surface area contributed by atoms with Gasteiger partial charge in [0.1, 0.15) is 0 Å². The maximum Gasteiger partial charge on any atom is 0.226 e. The van der Waals surface area contributed by atoms with E-state index in [0.29, 0.717) is 29.7 Å². The van der Waals surface area contributed by atoms with Gasteiger partial charge in [0.25, 0.3) is 0 Å². The molecule has 1 amide bonds. The minimum Gasteiger partial charge on any atom is -0.342 e. The van der Waals surface area contributed by atoms with E-state index in [1.165, 1.54) is 6.42 Å². The van der Waals surface area contributed by atoms with E-state index in [1.54, 1.807) is 0 Å². The molecule has 1 aliphatic carbocycles. The molecule has 2 fully saturated rings. The van der Waals surface area contributed by atoms with Gasteiger partial charge in [0.05, 0.1) is 0 Å². The molecular formula is C10H17NO. The van der Waals surface area contributed by atoms with Crippen LogP contribution in [0.4, 0.5) is 0 Å². The molecule has 0 bridgehead atoms. The van der Waals surface area contributed by atoms with Gasteiger partial charge in [0.15, 0.2) is 0 Å². The highest BCUT2D eigenvalue weighted by atomic mass is 16.2. The van der Waals surface area contributed by atoms with Crippen LogP contribution in [0.1, 0.15) is 26.7 Å². The summed E-state index contributed by atoms with van der Waals surface area (Å²) in [4.78, 5) is 13.6. The molecule has 1 saturated heterocycles. The second kappa shape index (κ2) is 2.48. The first kappa shape index (κ1) is 8.09. The van der Waals surface area contributed by atoms with E-state index >= 15 is 0 Å². The maximum atomic E-state index is 11.6. The molecule has 0 spiro atoms. The number of carbonyl (C=O) groups is 1. The van der Waals surface area contributed by atoms with Crippen LogP contribution in [-0.2, 0) is 4.79 Å². The summed E-state index contributed by atoms with van der Waals surface area (Å²) in [6, 6.07) is 0.524. The predicted octanol–water partition coefficient (Wildman–Crippen LogP) is 1.51. The van der Waals surface area contributed by atoms with Gasteiger partial charge in [0.2, 0.25) is 5.91 Å². The molecule has 0 aromatic rings. The largest absolute Gasteiger partial charge is 0.342 e. The first-order valence-electron chi connectivity index (χ1n) is 4.89. The van der Waals surface area contributed by atoms with Crippen LogP contribution in [0.5, 0.6) is 0 Å². The van der Waals surface area contributed by atoms with Crippen molar-refractivity contribution < 1.29 is 4.79 Å². The Labute approximate surface area is 73.9 Å². The molecule has 3 atom stereocenters. The third-order valence-corrected chi connectivity index (χ3v) is 3.56. The monoisotopic (exact) mass is 167 g/mol. The summed E-state index contributed by atoms with van der Waals surface area (Å²) in [5.41, 5.74) is 0. The number of hydrogen-bond donors (Lipinski definition) is 0. The summed E-state index contributed by atoms with van der Waals surface area (Å²) in [6.07, 6.45) is 2.40. The van der Waals surface area contributed by atoms with Crippen molar-refractivity contribution >= 4 is 5.91 Å². The molecule has 2 rings (SSSR count). The lowest BCUT2D eigenvalue weighted by atomic mass is 9.70. The molecular weight excluding hydrogens is 150 g/mol. The van der Waals surface area contributed by atoms with Gasteiger partial charge in [0, 0.05) is 19.0 Å². The quantitative estimate of drug-likeness (QED) is 0.579. The summed E-state index contributed by atoms with van der Waals surface area (Å²) in [6.45, 7) is 4.43. The molecule has 1 saturated carbocycles. The second-order valence-electron chi connectivity index (χ2n) is 4.53. The standard InChI is InChI=1S/C10H17NO/c1-6(2)9-7-4-5-8(7)10(12)11(9)3/h6-9H,4-5H2,1-3H3. The maximum absolute atomic E-state index is 11.6. The number of likely N-dealkylation sites (tertiary alicyclic amines) is 1. The van der Waals surface area contributed by atoms with Crippen LogP contribution in [0.3, 0.4) is 0 Å². The van der Waals surface area contributed by atoms with Gasteiger partial charge in [-0.25, -0.2) is 0 Å². The molecule has 2 nitrogen and oxygen atoms in total. The lowest BCUT2D eigenvalue weighted by molar-refractivity contribution is -0.132. The number of rotatable bonds is 1. The van der Waals surface area contributed by atoms with E-state index in [4.69, 9.17) is 0 Å². The van der Waals surface area contributed by atoms with Crippen molar-refractivity contribution in [2.45, 2.75) is 32.7 Å². The molecule has 2 aliphatic rings. The predicted molar refractivity (Wildman–Crippen MR) is 47.6 cm³/mol. The zero-order valence-corrected chi connectivity index (χ0v) is 8.08. The molecule has 68 valence electrons. The van der Waals surface area contributed by atoms with Gasteiger partial charge in [-0.2, -0.15) is 0 Å². The molecule has 0 radical (unpaired) electrons. The summed E-state index contributed by atoms with van der Waals surface area (Å²) in [7, 11) is 1.96. The van der Waals surface area contributed by atoms with Gasteiger partial charge in [-0.05, 0) is 24.7 Å². The first-order chi connectivity index (χ1) is 5.63. The van der Waals surface area contributed by atoms with Gasteiger partial charge in [-0.1, -0.05) is 13.8 Å². The summed E-state index contributed by atoms with van der Waals surface area (Å²) < 4.78 is 0. The SMILES string of the molecule is CC(C)C1C2CCC2C(=O)N1C. The van der Waals surface area contributed by atoms with Crippen molar-refractivity contribution in [2.75, 3.05) is 7.05 Å². The molecule has 12 heavy (non-hydrogen) atoms.